The molecule has 0 fully saturated rings. The molecule has 6 nitrogen and oxygen atoms in total. The summed E-state index contributed by atoms with van der Waals surface area (Å²) in [5.41, 5.74) is 2.04. The van der Waals surface area contributed by atoms with Crippen molar-refractivity contribution in [1.29, 1.82) is 0 Å². The van der Waals surface area contributed by atoms with Crippen LogP contribution in [0.3, 0.4) is 0 Å². The topological polar surface area (TPSA) is 74.1 Å². The molecule has 92 valence electrons. The lowest BCUT2D eigenvalue weighted by Crippen LogP contribution is -2.15. The third kappa shape index (κ3) is 1.54. The molecular formula is C12H11N3O3. The van der Waals surface area contributed by atoms with Gasteiger partial charge in [-0.15, -0.1) is 0 Å². The van der Waals surface area contributed by atoms with Crippen LogP contribution in [0, 0.1) is 0 Å². The molecule has 0 aliphatic heterocycles. The summed E-state index contributed by atoms with van der Waals surface area (Å²) >= 11 is 0. The van der Waals surface area contributed by atoms with Gasteiger partial charge in [-0.1, -0.05) is 5.16 Å². The normalized spacial score (nSPS) is 11.5. The molecule has 0 saturated heterocycles. The minimum Gasteiger partial charge on any atom is -0.408 e. The van der Waals surface area contributed by atoms with Gasteiger partial charge in [0.05, 0.1) is 5.52 Å². The highest BCUT2D eigenvalue weighted by Crippen LogP contribution is 2.22. The van der Waals surface area contributed by atoms with E-state index in [1.807, 2.05) is 26.0 Å². The summed E-state index contributed by atoms with van der Waals surface area (Å²) in [6, 6.07) is 5.45. The van der Waals surface area contributed by atoms with Crippen LogP contribution >= 0.6 is 0 Å². The van der Waals surface area contributed by atoms with Gasteiger partial charge in [0.15, 0.2) is 5.58 Å². The number of rotatable bonds is 2. The maximum absolute atomic E-state index is 11.7. The number of fused-ring (bicyclic) bond motifs is 1. The van der Waals surface area contributed by atoms with Crippen LogP contribution in [0.1, 0.15) is 19.9 Å². The molecule has 18 heavy (non-hydrogen) atoms. The molecule has 2 aromatic heterocycles. The van der Waals surface area contributed by atoms with Crippen molar-refractivity contribution < 1.29 is 8.94 Å². The van der Waals surface area contributed by atoms with E-state index in [1.165, 1.54) is 6.39 Å². The summed E-state index contributed by atoms with van der Waals surface area (Å²) in [5.74, 6) is 0.113. The van der Waals surface area contributed by atoms with E-state index in [1.54, 1.807) is 10.6 Å². The summed E-state index contributed by atoms with van der Waals surface area (Å²) in [6.07, 6.45) is 1.26. The molecule has 0 amide bonds. The smallest absolute Gasteiger partial charge is 0.408 e. The Labute approximate surface area is 102 Å². The first-order valence-corrected chi connectivity index (χ1v) is 5.58. The Balaban J connectivity index is 2.24. The molecule has 3 rings (SSSR count). The summed E-state index contributed by atoms with van der Waals surface area (Å²) < 4.78 is 11.5. The van der Waals surface area contributed by atoms with Gasteiger partial charge < -0.3 is 8.94 Å². The first kappa shape index (κ1) is 10.8. The van der Waals surface area contributed by atoms with Gasteiger partial charge in [-0.05, 0) is 32.0 Å². The predicted octanol–water partition coefficient (Wildman–Crippen LogP) is 2.23. The number of hydrogen-bond donors (Lipinski definition) is 0. The van der Waals surface area contributed by atoms with E-state index in [9.17, 15) is 4.79 Å². The fourth-order valence-corrected chi connectivity index (χ4v) is 1.96. The van der Waals surface area contributed by atoms with Gasteiger partial charge in [0, 0.05) is 11.6 Å². The molecule has 0 aliphatic carbocycles. The average molecular weight is 245 g/mol. The van der Waals surface area contributed by atoms with Crippen LogP contribution in [0.15, 0.2) is 38.3 Å². The van der Waals surface area contributed by atoms with E-state index in [-0.39, 0.29) is 11.8 Å². The maximum atomic E-state index is 11.7. The van der Waals surface area contributed by atoms with Crippen molar-refractivity contribution in [3.63, 3.8) is 0 Å². The highest BCUT2D eigenvalue weighted by atomic mass is 16.5. The Morgan fingerprint density at radius 2 is 2.17 bits per heavy atom. The van der Waals surface area contributed by atoms with Gasteiger partial charge in [0.2, 0.25) is 12.2 Å². The number of benzene rings is 1. The maximum Gasteiger partial charge on any atom is 0.420 e. The van der Waals surface area contributed by atoms with E-state index in [0.29, 0.717) is 11.4 Å². The second kappa shape index (κ2) is 3.83. The zero-order valence-corrected chi connectivity index (χ0v) is 9.95. The standard InChI is InChI=1S/C12H11N3O3/c1-7(2)15-9-4-3-8(11-13-6-17-14-11)5-10(9)18-12(15)16/h3-7H,1-2H3. The van der Waals surface area contributed by atoms with Crippen LogP contribution in [0.5, 0.6) is 0 Å². The molecule has 0 radical (unpaired) electrons. The molecule has 6 heteroatoms. The van der Waals surface area contributed by atoms with Crippen molar-refractivity contribution in [1.82, 2.24) is 14.7 Å². The second-order valence-corrected chi connectivity index (χ2v) is 4.27. The lowest BCUT2D eigenvalue weighted by molar-refractivity contribution is 0.419. The summed E-state index contributed by atoms with van der Waals surface area (Å²) in [4.78, 5) is 15.7. The minimum atomic E-state index is -0.356. The molecule has 0 aliphatic rings. The van der Waals surface area contributed by atoms with Gasteiger partial charge in [-0.3, -0.25) is 4.57 Å². The van der Waals surface area contributed by atoms with Crippen LogP contribution in [0.4, 0.5) is 0 Å². The van der Waals surface area contributed by atoms with Crippen LogP contribution in [0.2, 0.25) is 0 Å². The van der Waals surface area contributed by atoms with Gasteiger partial charge in [-0.2, -0.15) is 4.98 Å². The van der Waals surface area contributed by atoms with Crippen molar-refractivity contribution in [2.45, 2.75) is 19.9 Å². The fourth-order valence-electron chi connectivity index (χ4n) is 1.96. The number of nitrogens with zero attached hydrogens (tertiary/aromatic N) is 3. The van der Waals surface area contributed by atoms with Crippen molar-refractivity contribution in [2.75, 3.05) is 0 Å². The third-order valence-corrected chi connectivity index (χ3v) is 2.75. The lowest BCUT2D eigenvalue weighted by atomic mass is 10.2. The van der Waals surface area contributed by atoms with Gasteiger partial charge in [-0.25, -0.2) is 4.79 Å². The van der Waals surface area contributed by atoms with Crippen molar-refractivity contribution in [3.8, 4) is 11.4 Å². The largest absolute Gasteiger partial charge is 0.420 e. The van der Waals surface area contributed by atoms with Crippen LogP contribution in [-0.4, -0.2) is 14.7 Å². The monoisotopic (exact) mass is 245 g/mol. The van der Waals surface area contributed by atoms with E-state index in [4.69, 9.17) is 4.42 Å². The zero-order chi connectivity index (χ0) is 12.7. The van der Waals surface area contributed by atoms with Gasteiger partial charge in [0.1, 0.15) is 0 Å². The van der Waals surface area contributed by atoms with Gasteiger partial charge in [0.25, 0.3) is 0 Å². The van der Waals surface area contributed by atoms with Crippen LogP contribution in [-0.2, 0) is 0 Å². The zero-order valence-electron chi connectivity index (χ0n) is 9.95. The molecule has 0 atom stereocenters. The summed E-state index contributed by atoms with van der Waals surface area (Å²) in [6.45, 7) is 3.87. The Kier molecular flexibility index (Phi) is 2.29. The SMILES string of the molecule is CC(C)n1c(=O)oc2cc(-c3ncon3)ccc21. The first-order chi connectivity index (χ1) is 8.66. The number of aromatic nitrogens is 3. The average Bonchev–Trinajstić information content (AvgIpc) is 2.92. The molecule has 0 N–H and O–H groups in total. The lowest BCUT2D eigenvalue weighted by Gasteiger charge is -2.04. The fraction of sp³-hybridized carbons (Fsp3) is 0.250. The van der Waals surface area contributed by atoms with Crippen molar-refractivity contribution in [3.05, 3.63) is 35.1 Å². The first-order valence-electron chi connectivity index (χ1n) is 5.58. The van der Waals surface area contributed by atoms with Crippen LogP contribution in [0.25, 0.3) is 22.5 Å². The Morgan fingerprint density at radius 3 is 2.83 bits per heavy atom. The molecule has 3 aromatic rings. The molecular weight excluding hydrogens is 234 g/mol. The predicted molar refractivity (Wildman–Crippen MR) is 64.2 cm³/mol. The van der Waals surface area contributed by atoms with E-state index in [2.05, 4.69) is 14.7 Å². The van der Waals surface area contributed by atoms with Crippen LogP contribution < -0.4 is 5.76 Å². The highest BCUT2D eigenvalue weighted by Gasteiger charge is 2.13. The Bertz CT molecular complexity index is 738. The van der Waals surface area contributed by atoms with Crippen molar-refractivity contribution >= 4 is 11.1 Å². The number of oxazole rings is 1. The van der Waals surface area contributed by atoms with Gasteiger partial charge >= 0.3 is 5.76 Å². The van der Waals surface area contributed by atoms with E-state index < -0.39 is 0 Å². The molecule has 2 heterocycles. The summed E-state index contributed by atoms with van der Waals surface area (Å²) in [7, 11) is 0. The minimum absolute atomic E-state index is 0.0507. The van der Waals surface area contributed by atoms with Crippen molar-refractivity contribution in [2.24, 2.45) is 0 Å². The summed E-state index contributed by atoms with van der Waals surface area (Å²) in [5, 5.41) is 3.74. The molecule has 1 aromatic carbocycles. The number of hydrogen-bond acceptors (Lipinski definition) is 5. The molecule has 0 saturated carbocycles. The molecule has 0 bridgehead atoms. The molecule has 0 unspecified atom stereocenters. The Morgan fingerprint density at radius 1 is 1.33 bits per heavy atom. The third-order valence-electron chi connectivity index (χ3n) is 2.75. The highest BCUT2D eigenvalue weighted by molar-refractivity contribution is 5.78. The quantitative estimate of drug-likeness (QED) is 0.692. The van der Waals surface area contributed by atoms with E-state index >= 15 is 0 Å². The molecule has 0 spiro atoms. The van der Waals surface area contributed by atoms with E-state index in [0.717, 1.165) is 11.1 Å². The Hall–Kier alpha value is -2.37. The second-order valence-electron chi connectivity index (χ2n) is 4.27.